The van der Waals surface area contributed by atoms with Crippen molar-refractivity contribution >= 4 is 17.7 Å². The summed E-state index contributed by atoms with van der Waals surface area (Å²) in [5, 5.41) is 2.86. The maximum absolute atomic E-state index is 12.7. The molecule has 1 fully saturated rings. The van der Waals surface area contributed by atoms with Gasteiger partial charge in [0.15, 0.2) is 5.76 Å². The highest BCUT2D eigenvalue weighted by molar-refractivity contribution is 5.98. The number of nitrogens with zero attached hydrogens (tertiary/aromatic N) is 2. The first-order valence-corrected chi connectivity index (χ1v) is 9.46. The van der Waals surface area contributed by atoms with Crippen LogP contribution in [-0.4, -0.2) is 60.2 Å². The Kier molecular flexibility index (Phi) is 6.13. The van der Waals surface area contributed by atoms with Crippen molar-refractivity contribution in [2.45, 2.75) is 13.8 Å². The molecule has 1 saturated heterocycles. The number of rotatable bonds is 5. The molecule has 3 amide bonds. The zero-order valence-corrected chi connectivity index (χ0v) is 16.2. The third kappa shape index (κ3) is 4.60. The predicted octanol–water partition coefficient (Wildman–Crippen LogP) is 2.26. The lowest BCUT2D eigenvalue weighted by Crippen LogP contribution is -2.50. The Morgan fingerprint density at radius 3 is 2.04 bits per heavy atom. The largest absolute Gasteiger partial charge is 0.459 e. The lowest BCUT2D eigenvalue weighted by atomic mass is 10.1. The van der Waals surface area contributed by atoms with E-state index in [-0.39, 0.29) is 17.7 Å². The molecule has 0 aliphatic carbocycles. The van der Waals surface area contributed by atoms with Crippen LogP contribution in [0.2, 0.25) is 0 Å². The molecule has 1 aromatic heterocycles. The van der Waals surface area contributed by atoms with Gasteiger partial charge >= 0.3 is 0 Å². The number of furan rings is 1. The molecule has 0 saturated carbocycles. The highest BCUT2D eigenvalue weighted by Crippen LogP contribution is 2.13. The van der Waals surface area contributed by atoms with Gasteiger partial charge in [-0.1, -0.05) is 13.8 Å². The predicted molar refractivity (Wildman–Crippen MR) is 104 cm³/mol. The van der Waals surface area contributed by atoms with E-state index in [1.165, 1.54) is 6.26 Å². The summed E-state index contributed by atoms with van der Waals surface area (Å²) in [6.45, 7) is 6.51. The second-order valence-corrected chi connectivity index (χ2v) is 7.24. The van der Waals surface area contributed by atoms with Gasteiger partial charge in [-0.05, 0) is 42.3 Å². The van der Waals surface area contributed by atoms with Gasteiger partial charge in [0.05, 0.1) is 6.26 Å². The number of hydrogen-bond acceptors (Lipinski definition) is 4. The maximum Gasteiger partial charge on any atom is 0.289 e. The van der Waals surface area contributed by atoms with Crippen molar-refractivity contribution in [2.24, 2.45) is 5.92 Å². The molecule has 28 heavy (non-hydrogen) atoms. The van der Waals surface area contributed by atoms with E-state index < -0.39 is 0 Å². The van der Waals surface area contributed by atoms with Crippen LogP contribution in [0.3, 0.4) is 0 Å². The van der Waals surface area contributed by atoms with E-state index in [4.69, 9.17) is 4.42 Å². The minimum absolute atomic E-state index is 0.0979. The Bertz CT molecular complexity index is 820. The molecule has 2 heterocycles. The van der Waals surface area contributed by atoms with Crippen molar-refractivity contribution in [1.82, 2.24) is 15.1 Å². The molecule has 2 aromatic rings. The van der Waals surface area contributed by atoms with Gasteiger partial charge in [-0.15, -0.1) is 0 Å². The van der Waals surface area contributed by atoms with Gasteiger partial charge in [-0.2, -0.15) is 0 Å². The molecule has 148 valence electrons. The van der Waals surface area contributed by atoms with Crippen LogP contribution in [0.5, 0.6) is 0 Å². The minimum Gasteiger partial charge on any atom is -0.459 e. The quantitative estimate of drug-likeness (QED) is 0.859. The lowest BCUT2D eigenvalue weighted by molar-refractivity contribution is 0.0518. The summed E-state index contributed by atoms with van der Waals surface area (Å²) in [5.74, 6) is 0.292. The molecule has 1 aliphatic rings. The molecule has 0 unspecified atom stereocenters. The van der Waals surface area contributed by atoms with E-state index in [9.17, 15) is 14.4 Å². The van der Waals surface area contributed by atoms with E-state index in [0.717, 1.165) is 0 Å². The number of nitrogens with one attached hydrogen (secondary N) is 1. The third-order valence-corrected chi connectivity index (χ3v) is 4.65. The summed E-state index contributed by atoms with van der Waals surface area (Å²) < 4.78 is 5.15. The molecule has 7 nitrogen and oxygen atoms in total. The molecule has 1 N–H and O–H groups in total. The number of carbonyl (C=O) groups is 3. The van der Waals surface area contributed by atoms with E-state index in [2.05, 4.69) is 5.32 Å². The fourth-order valence-corrected chi connectivity index (χ4v) is 3.01. The Balaban J connectivity index is 1.55. The van der Waals surface area contributed by atoms with Gasteiger partial charge in [0, 0.05) is 43.9 Å². The first-order chi connectivity index (χ1) is 13.5. The Morgan fingerprint density at radius 2 is 1.50 bits per heavy atom. The average molecular weight is 383 g/mol. The van der Waals surface area contributed by atoms with Gasteiger partial charge in [0.1, 0.15) is 0 Å². The minimum atomic E-state index is -0.158. The van der Waals surface area contributed by atoms with Gasteiger partial charge < -0.3 is 19.5 Å². The molecular weight excluding hydrogens is 358 g/mol. The summed E-state index contributed by atoms with van der Waals surface area (Å²) in [5.41, 5.74) is 1.07. The first kappa shape index (κ1) is 19.7. The topological polar surface area (TPSA) is 82.9 Å². The van der Waals surface area contributed by atoms with Gasteiger partial charge in [0.25, 0.3) is 17.7 Å². The van der Waals surface area contributed by atoms with Gasteiger partial charge in [-0.25, -0.2) is 0 Å². The van der Waals surface area contributed by atoms with E-state index in [1.54, 1.807) is 46.2 Å². The summed E-state index contributed by atoms with van der Waals surface area (Å²) in [7, 11) is 0. The van der Waals surface area contributed by atoms with Crippen LogP contribution in [0.1, 0.15) is 45.1 Å². The summed E-state index contributed by atoms with van der Waals surface area (Å²) in [6, 6.07) is 10.00. The highest BCUT2D eigenvalue weighted by Gasteiger charge is 2.26. The molecule has 0 atom stereocenters. The van der Waals surface area contributed by atoms with Crippen molar-refractivity contribution in [2.75, 3.05) is 32.7 Å². The fraction of sp³-hybridized carbons (Fsp3) is 0.381. The molecule has 7 heteroatoms. The van der Waals surface area contributed by atoms with Crippen molar-refractivity contribution in [3.05, 3.63) is 59.5 Å². The van der Waals surface area contributed by atoms with Crippen LogP contribution in [0.4, 0.5) is 0 Å². The van der Waals surface area contributed by atoms with Crippen molar-refractivity contribution in [1.29, 1.82) is 0 Å². The second kappa shape index (κ2) is 8.73. The number of benzene rings is 1. The van der Waals surface area contributed by atoms with Gasteiger partial charge in [0.2, 0.25) is 0 Å². The number of hydrogen-bond donors (Lipinski definition) is 1. The summed E-state index contributed by atoms with van der Waals surface area (Å²) in [4.78, 5) is 40.5. The Hall–Kier alpha value is -3.09. The normalized spacial score (nSPS) is 14.2. The lowest BCUT2D eigenvalue weighted by Gasteiger charge is -2.34. The molecule has 1 aromatic carbocycles. The molecule has 1 aliphatic heterocycles. The molecule has 0 radical (unpaired) electrons. The van der Waals surface area contributed by atoms with Crippen molar-refractivity contribution < 1.29 is 18.8 Å². The average Bonchev–Trinajstić information content (AvgIpc) is 3.26. The SMILES string of the molecule is CC(C)CNC(=O)c1ccc(C(=O)N2CCN(C(=O)c3ccco3)CC2)cc1. The van der Waals surface area contributed by atoms with Crippen LogP contribution in [0.15, 0.2) is 47.1 Å². The van der Waals surface area contributed by atoms with Crippen molar-refractivity contribution in [3.8, 4) is 0 Å². The highest BCUT2D eigenvalue weighted by atomic mass is 16.3. The van der Waals surface area contributed by atoms with Crippen molar-refractivity contribution in [3.63, 3.8) is 0 Å². The Labute approximate surface area is 164 Å². The van der Waals surface area contributed by atoms with E-state index in [0.29, 0.717) is 55.5 Å². The molecule has 0 bridgehead atoms. The van der Waals surface area contributed by atoms with E-state index >= 15 is 0 Å². The van der Waals surface area contributed by atoms with Crippen LogP contribution in [0, 0.1) is 5.92 Å². The third-order valence-electron chi connectivity index (χ3n) is 4.65. The number of carbonyl (C=O) groups excluding carboxylic acids is 3. The van der Waals surface area contributed by atoms with Gasteiger partial charge in [-0.3, -0.25) is 14.4 Å². The number of amides is 3. The smallest absolute Gasteiger partial charge is 0.289 e. The standard InChI is InChI=1S/C21H25N3O4/c1-15(2)14-22-19(25)16-5-7-17(8-6-16)20(26)23-9-11-24(12-10-23)21(27)18-4-3-13-28-18/h3-8,13,15H,9-12,14H2,1-2H3,(H,22,25). The summed E-state index contributed by atoms with van der Waals surface area (Å²) >= 11 is 0. The van der Waals surface area contributed by atoms with Crippen LogP contribution in [-0.2, 0) is 0 Å². The molecule has 0 spiro atoms. The van der Waals surface area contributed by atoms with Crippen LogP contribution >= 0.6 is 0 Å². The zero-order valence-electron chi connectivity index (χ0n) is 16.2. The first-order valence-electron chi connectivity index (χ1n) is 9.46. The number of piperazine rings is 1. The maximum atomic E-state index is 12.7. The fourth-order valence-electron chi connectivity index (χ4n) is 3.01. The molecular formula is C21H25N3O4. The van der Waals surface area contributed by atoms with Crippen LogP contribution in [0.25, 0.3) is 0 Å². The monoisotopic (exact) mass is 383 g/mol. The van der Waals surface area contributed by atoms with Crippen LogP contribution < -0.4 is 5.32 Å². The summed E-state index contributed by atoms with van der Waals surface area (Å²) in [6.07, 6.45) is 1.47. The second-order valence-electron chi connectivity index (χ2n) is 7.24. The zero-order chi connectivity index (χ0) is 20.1. The molecule has 3 rings (SSSR count). The Morgan fingerprint density at radius 1 is 0.929 bits per heavy atom. The van der Waals surface area contributed by atoms with E-state index in [1.807, 2.05) is 13.8 Å².